The van der Waals surface area contributed by atoms with Gasteiger partial charge in [0, 0.05) is 18.4 Å². The van der Waals surface area contributed by atoms with Gasteiger partial charge in [-0.1, -0.05) is 60.7 Å². The summed E-state index contributed by atoms with van der Waals surface area (Å²) in [5.41, 5.74) is -2.06. The SMILES string of the molecule is C=CCC1(F)CC1C(=O)NCC(Cc1ccccc1)(C1C=CC=C(OC(F)(F)F)C1)C1C=CCC(OC(F)(F)F)C1. The average Bonchev–Trinajstić information content (AvgIpc) is 3.56. The molecule has 1 aromatic carbocycles. The number of carbonyl (C=O) groups excluding carboxylic acids is 1. The van der Waals surface area contributed by atoms with Crippen LogP contribution >= 0.6 is 0 Å². The van der Waals surface area contributed by atoms with E-state index in [0.29, 0.717) is 0 Å². The third kappa shape index (κ3) is 8.02. The van der Waals surface area contributed by atoms with E-state index in [9.17, 15) is 35.5 Å². The molecule has 6 unspecified atom stereocenters. The zero-order valence-corrected chi connectivity index (χ0v) is 22.2. The van der Waals surface area contributed by atoms with Crippen molar-refractivity contribution in [3.8, 4) is 0 Å². The van der Waals surface area contributed by atoms with Crippen LogP contribution in [0.25, 0.3) is 0 Å². The Morgan fingerprint density at radius 1 is 1.07 bits per heavy atom. The van der Waals surface area contributed by atoms with Gasteiger partial charge in [-0.2, -0.15) is 0 Å². The molecule has 3 aliphatic carbocycles. The Labute approximate surface area is 234 Å². The molecular weight excluding hydrogens is 555 g/mol. The first-order chi connectivity index (χ1) is 19.2. The standard InChI is InChI=1S/C30H32F7NO3/c1-2-14-28(31)18-25(28)26(39)38-19-27(17-20-8-4-3-5-9-20,21-10-6-12-23(15-21)40-29(32,33)34)22-11-7-13-24(16-22)41-30(35,36)37/h2-12,21-22,24-25H,1,13-19H2,(H,38,39). The molecule has 1 saturated carbocycles. The number of halogens is 7. The third-order valence-corrected chi connectivity index (χ3v) is 8.13. The lowest BCUT2D eigenvalue weighted by molar-refractivity contribution is -0.344. The zero-order chi connectivity index (χ0) is 29.9. The number of nitrogens with one attached hydrogen (secondary N) is 1. The Hall–Kier alpha value is -3.08. The molecule has 224 valence electrons. The van der Waals surface area contributed by atoms with E-state index < -0.39 is 53.6 Å². The minimum absolute atomic E-state index is 0.000623. The maximum absolute atomic E-state index is 14.9. The quantitative estimate of drug-likeness (QED) is 0.216. The first kappa shape index (κ1) is 30.9. The highest BCUT2D eigenvalue weighted by atomic mass is 19.4. The van der Waals surface area contributed by atoms with Crippen LogP contribution in [0.3, 0.4) is 0 Å². The van der Waals surface area contributed by atoms with Crippen LogP contribution < -0.4 is 5.32 Å². The highest BCUT2D eigenvalue weighted by molar-refractivity contribution is 5.83. The lowest BCUT2D eigenvalue weighted by atomic mass is 9.59. The number of hydrogen-bond donors (Lipinski definition) is 1. The molecule has 41 heavy (non-hydrogen) atoms. The second kappa shape index (κ2) is 12.0. The van der Waals surface area contributed by atoms with Gasteiger partial charge in [-0.05, 0) is 55.6 Å². The summed E-state index contributed by atoms with van der Waals surface area (Å²) < 4.78 is 102. The van der Waals surface area contributed by atoms with Crippen molar-refractivity contribution in [2.24, 2.45) is 23.2 Å². The Morgan fingerprint density at radius 3 is 2.46 bits per heavy atom. The van der Waals surface area contributed by atoms with E-state index in [4.69, 9.17) is 0 Å². The molecule has 11 heteroatoms. The summed E-state index contributed by atoms with van der Waals surface area (Å²) in [5, 5.41) is 2.81. The number of alkyl halides is 7. The monoisotopic (exact) mass is 587 g/mol. The van der Waals surface area contributed by atoms with Crippen molar-refractivity contribution in [3.05, 3.63) is 84.7 Å². The van der Waals surface area contributed by atoms with Crippen LogP contribution in [0.2, 0.25) is 0 Å². The molecule has 1 amide bonds. The smallest absolute Gasteiger partial charge is 0.410 e. The number of carbonyl (C=O) groups is 1. The van der Waals surface area contributed by atoms with E-state index in [1.165, 1.54) is 18.2 Å². The molecule has 4 nitrogen and oxygen atoms in total. The molecule has 4 rings (SSSR count). The van der Waals surface area contributed by atoms with E-state index in [1.54, 1.807) is 48.6 Å². The summed E-state index contributed by atoms with van der Waals surface area (Å²) in [4.78, 5) is 13.1. The second-order valence-corrected chi connectivity index (χ2v) is 11.0. The second-order valence-electron chi connectivity index (χ2n) is 11.0. The molecule has 0 aliphatic heterocycles. The van der Waals surface area contributed by atoms with Crippen molar-refractivity contribution in [2.45, 2.75) is 63.0 Å². The molecule has 1 aromatic rings. The maximum atomic E-state index is 14.9. The van der Waals surface area contributed by atoms with Crippen molar-refractivity contribution >= 4 is 5.91 Å². The number of rotatable bonds is 11. The molecule has 0 spiro atoms. The molecule has 0 radical (unpaired) electrons. The Bertz CT molecular complexity index is 1170. The van der Waals surface area contributed by atoms with Gasteiger partial charge in [-0.25, -0.2) is 4.39 Å². The number of ether oxygens (including phenoxy) is 2. The van der Waals surface area contributed by atoms with Crippen LogP contribution in [0.1, 0.15) is 37.7 Å². The molecule has 0 saturated heterocycles. The molecule has 6 atom stereocenters. The number of allylic oxidation sites excluding steroid dienone is 6. The molecule has 1 N–H and O–H groups in total. The summed E-state index contributed by atoms with van der Waals surface area (Å²) in [6, 6.07) is 8.94. The average molecular weight is 588 g/mol. The van der Waals surface area contributed by atoms with Crippen LogP contribution in [0.4, 0.5) is 30.7 Å². The van der Waals surface area contributed by atoms with Gasteiger partial charge in [-0.3, -0.25) is 9.53 Å². The summed E-state index contributed by atoms with van der Waals surface area (Å²) >= 11 is 0. The number of hydrogen-bond acceptors (Lipinski definition) is 3. The Kier molecular flexibility index (Phi) is 9.06. The van der Waals surface area contributed by atoms with Gasteiger partial charge < -0.3 is 10.1 Å². The molecule has 0 aromatic heterocycles. The fourth-order valence-electron chi connectivity index (χ4n) is 6.12. The van der Waals surface area contributed by atoms with Crippen LogP contribution in [0.15, 0.2) is 79.1 Å². The predicted molar refractivity (Wildman–Crippen MR) is 138 cm³/mol. The van der Waals surface area contributed by atoms with Crippen molar-refractivity contribution in [1.82, 2.24) is 5.32 Å². The van der Waals surface area contributed by atoms with Crippen molar-refractivity contribution < 1.29 is 45.0 Å². The third-order valence-electron chi connectivity index (χ3n) is 8.13. The van der Waals surface area contributed by atoms with Gasteiger partial charge in [0.25, 0.3) is 0 Å². The van der Waals surface area contributed by atoms with Gasteiger partial charge >= 0.3 is 12.7 Å². The largest absolute Gasteiger partial charge is 0.572 e. The number of benzene rings is 1. The van der Waals surface area contributed by atoms with Gasteiger partial charge in [-0.15, -0.1) is 32.9 Å². The topological polar surface area (TPSA) is 47.6 Å². The maximum Gasteiger partial charge on any atom is 0.572 e. The Morgan fingerprint density at radius 2 is 1.80 bits per heavy atom. The van der Waals surface area contributed by atoms with Gasteiger partial charge in [0.15, 0.2) is 0 Å². The Balaban J connectivity index is 1.70. The molecule has 0 bridgehead atoms. The highest BCUT2D eigenvalue weighted by Gasteiger charge is 2.59. The minimum atomic E-state index is -4.93. The van der Waals surface area contributed by atoms with Crippen molar-refractivity contribution in [2.75, 3.05) is 6.54 Å². The fraction of sp³-hybridized carbons (Fsp3) is 0.500. The van der Waals surface area contributed by atoms with Gasteiger partial charge in [0.1, 0.15) is 11.4 Å². The minimum Gasteiger partial charge on any atom is -0.410 e. The van der Waals surface area contributed by atoms with E-state index in [1.807, 2.05) is 0 Å². The highest BCUT2D eigenvalue weighted by Crippen LogP contribution is 2.52. The lowest BCUT2D eigenvalue weighted by Crippen LogP contribution is -2.50. The molecular formula is C30H32F7NO3. The van der Waals surface area contributed by atoms with Gasteiger partial charge in [0.2, 0.25) is 5.91 Å². The molecule has 0 heterocycles. The fourth-order valence-corrected chi connectivity index (χ4v) is 6.12. The summed E-state index contributed by atoms with van der Waals surface area (Å²) in [7, 11) is 0. The lowest BCUT2D eigenvalue weighted by Gasteiger charge is -2.48. The van der Waals surface area contributed by atoms with Crippen LogP contribution in [-0.4, -0.2) is 36.9 Å². The van der Waals surface area contributed by atoms with Crippen LogP contribution in [-0.2, 0) is 20.7 Å². The van der Waals surface area contributed by atoms with E-state index in [-0.39, 0.29) is 50.8 Å². The summed E-state index contributed by atoms with van der Waals surface area (Å²) in [6.45, 7) is 3.40. The first-order valence-corrected chi connectivity index (χ1v) is 13.4. The normalized spacial score (nSPS) is 29.3. The van der Waals surface area contributed by atoms with E-state index in [2.05, 4.69) is 21.4 Å². The van der Waals surface area contributed by atoms with Crippen molar-refractivity contribution in [1.29, 1.82) is 0 Å². The predicted octanol–water partition coefficient (Wildman–Crippen LogP) is 7.50. The van der Waals surface area contributed by atoms with Crippen LogP contribution in [0, 0.1) is 23.2 Å². The summed E-state index contributed by atoms with van der Waals surface area (Å²) in [5.74, 6) is -3.16. The van der Waals surface area contributed by atoms with Crippen molar-refractivity contribution in [3.63, 3.8) is 0 Å². The molecule has 1 fully saturated rings. The van der Waals surface area contributed by atoms with E-state index >= 15 is 0 Å². The van der Waals surface area contributed by atoms with Gasteiger partial charge in [0.05, 0.1) is 12.0 Å². The van der Waals surface area contributed by atoms with E-state index in [0.717, 1.165) is 5.56 Å². The zero-order valence-electron chi connectivity index (χ0n) is 22.2. The summed E-state index contributed by atoms with van der Waals surface area (Å²) in [6.07, 6.45) is -2.11. The number of amides is 1. The van der Waals surface area contributed by atoms with Crippen LogP contribution in [0.5, 0.6) is 0 Å². The first-order valence-electron chi connectivity index (χ1n) is 13.4. The molecule has 3 aliphatic rings.